The van der Waals surface area contributed by atoms with Gasteiger partial charge in [0.15, 0.2) is 12.3 Å². The number of amides is 1. The molecule has 7 heteroatoms. The number of aromatic nitrogens is 3. The summed E-state index contributed by atoms with van der Waals surface area (Å²) in [4.78, 5) is 28.6. The third-order valence-corrected chi connectivity index (χ3v) is 4.14. The summed E-state index contributed by atoms with van der Waals surface area (Å²) in [6, 6.07) is 9.32. The van der Waals surface area contributed by atoms with Gasteiger partial charge in [-0.05, 0) is 36.1 Å². The first-order valence-electron chi connectivity index (χ1n) is 8.63. The topological polar surface area (TPSA) is 85.6 Å². The van der Waals surface area contributed by atoms with Crippen LogP contribution in [0, 0.1) is 6.92 Å². The Hall–Kier alpha value is -3.22. The Labute approximate surface area is 157 Å². The zero-order valence-corrected chi connectivity index (χ0v) is 15.8. The Morgan fingerprint density at radius 2 is 1.89 bits per heavy atom. The van der Waals surface area contributed by atoms with Gasteiger partial charge in [0, 0.05) is 18.1 Å². The van der Waals surface area contributed by atoms with Gasteiger partial charge in [-0.3, -0.25) is 4.79 Å². The van der Waals surface area contributed by atoms with Crippen molar-refractivity contribution in [2.75, 3.05) is 11.9 Å². The number of ether oxygens (including phenoxy) is 1. The van der Waals surface area contributed by atoms with Crippen LogP contribution < -0.4 is 5.32 Å². The van der Waals surface area contributed by atoms with E-state index < -0.39 is 11.9 Å². The van der Waals surface area contributed by atoms with Crippen LogP contribution in [0.5, 0.6) is 0 Å². The number of carbonyl (C=O) groups is 2. The van der Waals surface area contributed by atoms with Crippen LogP contribution in [0.1, 0.15) is 42.4 Å². The van der Waals surface area contributed by atoms with Crippen LogP contribution in [-0.2, 0) is 14.9 Å². The largest absolute Gasteiger partial charge is 0.452 e. The summed E-state index contributed by atoms with van der Waals surface area (Å²) in [5.41, 5.74) is 3.02. The number of nitrogens with one attached hydrogen (secondary N) is 1. The molecule has 0 saturated carbocycles. The molecule has 2 heterocycles. The van der Waals surface area contributed by atoms with Crippen LogP contribution in [0.4, 0.5) is 5.69 Å². The monoisotopic (exact) mass is 366 g/mol. The Kier molecular flexibility index (Phi) is 4.94. The number of rotatable bonds is 4. The van der Waals surface area contributed by atoms with E-state index >= 15 is 0 Å². The number of carbonyl (C=O) groups excluding carboxylic acids is 2. The molecule has 0 unspecified atom stereocenters. The Morgan fingerprint density at radius 1 is 1.19 bits per heavy atom. The average molecular weight is 366 g/mol. The first kappa shape index (κ1) is 18.6. The maximum Gasteiger partial charge on any atom is 0.344 e. The number of nitrogens with zero attached hydrogens (tertiary/aromatic N) is 3. The second-order valence-electron chi connectivity index (χ2n) is 7.30. The zero-order chi connectivity index (χ0) is 19.6. The summed E-state index contributed by atoms with van der Waals surface area (Å²) in [7, 11) is 0. The number of esters is 1. The Balaban J connectivity index is 1.62. The molecule has 1 N–H and O–H groups in total. The molecule has 140 valence electrons. The first-order valence-corrected chi connectivity index (χ1v) is 8.63. The summed E-state index contributed by atoms with van der Waals surface area (Å²) < 4.78 is 6.65. The van der Waals surface area contributed by atoms with Crippen molar-refractivity contribution in [1.29, 1.82) is 0 Å². The van der Waals surface area contributed by atoms with Gasteiger partial charge in [-0.25, -0.2) is 14.3 Å². The number of fused-ring (bicyclic) bond motifs is 1. The number of benzene rings is 1. The fraction of sp³-hybridized carbons (Fsp3) is 0.300. The fourth-order valence-corrected chi connectivity index (χ4v) is 2.69. The SMILES string of the molecule is Cc1nn2cccnc2c1C(=O)OCC(=O)Nc1ccc(C(C)(C)C)cc1. The van der Waals surface area contributed by atoms with Crippen LogP contribution in [-0.4, -0.2) is 33.1 Å². The van der Waals surface area contributed by atoms with E-state index in [1.165, 1.54) is 10.1 Å². The lowest BCUT2D eigenvalue weighted by Gasteiger charge is -2.19. The van der Waals surface area contributed by atoms with Crippen LogP contribution in [0.15, 0.2) is 42.7 Å². The summed E-state index contributed by atoms with van der Waals surface area (Å²) in [5, 5.41) is 6.93. The van der Waals surface area contributed by atoms with Gasteiger partial charge >= 0.3 is 5.97 Å². The van der Waals surface area contributed by atoms with Crippen LogP contribution in [0.3, 0.4) is 0 Å². The van der Waals surface area contributed by atoms with Gasteiger partial charge in [-0.15, -0.1) is 0 Å². The lowest BCUT2D eigenvalue weighted by molar-refractivity contribution is -0.119. The van der Waals surface area contributed by atoms with Crippen LogP contribution in [0.2, 0.25) is 0 Å². The molecule has 0 atom stereocenters. The number of aryl methyl sites for hydroxylation is 1. The molecule has 0 aliphatic carbocycles. The molecule has 1 amide bonds. The van der Waals surface area contributed by atoms with E-state index in [2.05, 4.69) is 36.2 Å². The van der Waals surface area contributed by atoms with E-state index in [4.69, 9.17) is 4.74 Å². The fourth-order valence-electron chi connectivity index (χ4n) is 2.69. The molecule has 1 aromatic carbocycles. The molecule has 0 saturated heterocycles. The standard InChI is InChI=1S/C20H22N4O3/c1-13-17(18-21-10-5-11-24(18)23-13)19(26)27-12-16(25)22-15-8-6-14(7-9-15)20(2,3)4/h5-11H,12H2,1-4H3,(H,22,25). The van der Waals surface area contributed by atoms with Gasteiger partial charge < -0.3 is 10.1 Å². The second-order valence-corrected chi connectivity index (χ2v) is 7.30. The predicted molar refractivity (Wildman–Crippen MR) is 102 cm³/mol. The molecule has 2 aromatic heterocycles. The molecular formula is C20H22N4O3. The van der Waals surface area contributed by atoms with Gasteiger partial charge in [0.2, 0.25) is 0 Å². The number of hydrogen-bond acceptors (Lipinski definition) is 5. The Morgan fingerprint density at radius 3 is 2.56 bits per heavy atom. The molecule has 0 radical (unpaired) electrons. The molecule has 0 bridgehead atoms. The normalized spacial score (nSPS) is 11.4. The molecule has 0 aliphatic rings. The average Bonchev–Trinajstić information content (AvgIpc) is 2.95. The quantitative estimate of drug-likeness (QED) is 0.717. The molecule has 0 fully saturated rings. The van der Waals surface area contributed by atoms with Crippen LogP contribution in [0.25, 0.3) is 5.65 Å². The van der Waals surface area contributed by atoms with E-state index in [9.17, 15) is 9.59 Å². The smallest absolute Gasteiger partial charge is 0.344 e. The summed E-state index contributed by atoms with van der Waals surface area (Å²) in [5.74, 6) is -1.03. The van der Waals surface area contributed by atoms with Crippen molar-refractivity contribution in [3.63, 3.8) is 0 Å². The van der Waals surface area contributed by atoms with Gasteiger partial charge in [0.05, 0.1) is 5.69 Å². The maximum atomic E-state index is 12.4. The Bertz CT molecular complexity index is 985. The van der Waals surface area contributed by atoms with Crippen molar-refractivity contribution in [3.05, 3.63) is 59.5 Å². The van der Waals surface area contributed by atoms with Crippen molar-refractivity contribution in [2.45, 2.75) is 33.1 Å². The first-order chi connectivity index (χ1) is 12.8. The van der Waals surface area contributed by atoms with E-state index in [0.29, 0.717) is 17.0 Å². The minimum atomic E-state index is -0.626. The lowest BCUT2D eigenvalue weighted by Crippen LogP contribution is -2.21. The van der Waals surface area contributed by atoms with Crippen molar-refractivity contribution in [3.8, 4) is 0 Å². The highest BCUT2D eigenvalue weighted by molar-refractivity contribution is 5.99. The summed E-state index contributed by atoms with van der Waals surface area (Å²) in [6.45, 7) is 7.68. The predicted octanol–water partition coefficient (Wildman–Crippen LogP) is 3.13. The molecular weight excluding hydrogens is 344 g/mol. The molecule has 0 aliphatic heterocycles. The lowest BCUT2D eigenvalue weighted by atomic mass is 9.87. The minimum Gasteiger partial charge on any atom is -0.452 e. The maximum absolute atomic E-state index is 12.4. The van der Waals surface area contributed by atoms with E-state index in [0.717, 1.165) is 0 Å². The van der Waals surface area contributed by atoms with Gasteiger partial charge in [-0.1, -0.05) is 32.9 Å². The molecule has 27 heavy (non-hydrogen) atoms. The van der Waals surface area contributed by atoms with E-state index in [1.54, 1.807) is 25.4 Å². The van der Waals surface area contributed by atoms with Crippen LogP contribution >= 0.6 is 0 Å². The molecule has 7 nitrogen and oxygen atoms in total. The van der Waals surface area contributed by atoms with Gasteiger partial charge in [-0.2, -0.15) is 5.10 Å². The number of anilines is 1. The van der Waals surface area contributed by atoms with Gasteiger partial charge in [0.1, 0.15) is 5.56 Å². The highest BCUT2D eigenvalue weighted by atomic mass is 16.5. The third kappa shape index (κ3) is 4.13. The minimum absolute atomic E-state index is 0.0400. The highest BCUT2D eigenvalue weighted by Crippen LogP contribution is 2.23. The van der Waals surface area contributed by atoms with Crippen molar-refractivity contribution < 1.29 is 14.3 Å². The van der Waals surface area contributed by atoms with Crippen molar-refractivity contribution >= 4 is 23.2 Å². The van der Waals surface area contributed by atoms with E-state index in [-0.39, 0.29) is 17.6 Å². The number of hydrogen-bond donors (Lipinski definition) is 1. The van der Waals surface area contributed by atoms with Gasteiger partial charge in [0.25, 0.3) is 5.91 Å². The summed E-state index contributed by atoms with van der Waals surface area (Å²) in [6.07, 6.45) is 3.27. The molecule has 3 aromatic rings. The third-order valence-electron chi connectivity index (χ3n) is 4.14. The van der Waals surface area contributed by atoms with Crippen molar-refractivity contribution in [1.82, 2.24) is 14.6 Å². The molecule has 3 rings (SSSR count). The zero-order valence-electron chi connectivity index (χ0n) is 15.8. The second kappa shape index (κ2) is 7.19. The summed E-state index contributed by atoms with van der Waals surface area (Å²) >= 11 is 0. The van der Waals surface area contributed by atoms with Crippen molar-refractivity contribution in [2.24, 2.45) is 0 Å². The molecule has 0 spiro atoms. The highest BCUT2D eigenvalue weighted by Gasteiger charge is 2.20. The van der Waals surface area contributed by atoms with E-state index in [1.807, 2.05) is 24.3 Å².